The molecule has 0 unspecified atom stereocenters. The minimum absolute atomic E-state index is 0.138. The van der Waals surface area contributed by atoms with Gasteiger partial charge in [0.25, 0.3) is 0 Å². The van der Waals surface area contributed by atoms with Crippen molar-refractivity contribution in [3.8, 4) is 89.8 Å². The van der Waals surface area contributed by atoms with Crippen LogP contribution in [0.25, 0.3) is 89.8 Å². The highest BCUT2D eigenvalue weighted by Gasteiger charge is 2.57. The molecule has 2 aliphatic rings. The number of hydrogen-bond acceptors (Lipinski definition) is 7. The van der Waals surface area contributed by atoms with E-state index in [0.717, 1.165) is 89.8 Å². The molecule has 15 rings (SSSR count). The maximum absolute atomic E-state index is 15.3. The monoisotopic (exact) mass is 1480 g/mol. The van der Waals surface area contributed by atoms with E-state index in [-0.39, 0.29) is 22.3 Å². The predicted molar refractivity (Wildman–Crippen MR) is 431 cm³/mol. The van der Waals surface area contributed by atoms with Crippen molar-refractivity contribution < 1.29 is 45.0 Å². The molecule has 109 heavy (non-hydrogen) atoms. The first-order chi connectivity index (χ1) is 51.9. The number of rotatable bonds is 14. The summed E-state index contributed by atoms with van der Waals surface area (Å²) in [5, 5.41) is 0.702. The Hall–Kier alpha value is -10.5. The van der Waals surface area contributed by atoms with Gasteiger partial charge in [-0.15, -0.1) is 0 Å². The van der Waals surface area contributed by atoms with Crippen LogP contribution in [0.4, 0.5) is 26.3 Å². The Bertz CT molecular complexity index is 4800. The zero-order chi connectivity index (χ0) is 77.2. The van der Waals surface area contributed by atoms with E-state index in [0.29, 0.717) is 15.9 Å². The molecule has 0 bridgehead atoms. The first-order valence-electron chi connectivity index (χ1n) is 36.2. The first kappa shape index (κ1) is 76.7. The van der Waals surface area contributed by atoms with Crippen LogP contribution in [-0.2, 0) is 29.4 Å². The van der Waals surface area contributed by atoms with Crippen LogP contribution in [0.3, 0.4) is 0 Å². The number of aromatic nitrogens is 3. The summed E-state index contributed by atoms with van der Waals surface area (Å²) in [5.41, 5.74) is 9.63. The highest BCUT2D eigenvalue weighted by atomic mass is 35.5. The quantitative estimate of drug-likeness (QED) is 0.0793. The lowest BCUT2D eigenvalue weighted by atomic mass is 9.71. The molecule has 0 saturated carbocycles. The van der Waals surface area contributed by atoms with Gasteiger partial charge in [-0.25, -0.2) is 15.0 Å². The Morgan fingerprint density at radius 2 is 0.450 bits per heavy atom. The fourth-order valence-electron chi connectivity index (χ4n) is 13.3. The predicted octanol–water partition coefficient (Wildman–Crippen LogP) is 23.6. The second-order valence-corrected chi connectivity index (χ2v) is 30.3. The lowest BCUT2D eigenvalue weighted by Gasteiger charge is -2.33. The minimum Gasteiger partial charge on any atom is -0.399 e. The summed E-state index contributed by atoms with van der Waals surface area (Å²) < 4.78 is 114. The number of nitrogens with zero attached hydrogens (tertiary/aromatic N) is 3. The summed E-state index contributed by atoms with van der Waals surface area (Å²) in [6.45, 7) is 18.0. The molecular formula is C93H82B2ClF6N3O4. The SMILES string of the molecule is CC(c1ccc(-c2cc(-c3ccccc3)nc(-c3ccccc3)c2)cc1)(c1ccc(-c2cc(-c3ccccc3)nc(-c3ccccc3)c2)cc1)C(F)(F)F.CC1(C)OB(c2ccc(C(C)(c3ccc(B4OC(C)(C)C(C)(C)O4)cc3)C(F)(F)F)cc2)OC1(C)C.Clc1cc(-c2ccccc2)nc(-c2ccccc2)c1. The van der Waals surface area contributed by atoms with Crippen molar-refractivity contribution in [1.82, 2.24) is 15.0 Å². The van der Waals surface area contributed by atoms with E-state index < -0.39 is 59.8 Å². The topological polar surface area (TPSA) is 75.6 Å². The first-order valence-corrected chi connectivity index (χ1v) is 36.6. The molecule has 0 amide bonds. The van der Waals surface area contributed by atoms with Crippen LogP contribution in [0.15, 0.2) is 315 Å². The van der Waals surface area contributed by atoms with E-state index >= 15 is 13.2 Å². The Kier molecular flexibility index (Phi) is 21.7. The molecule has 16 heteroatoms. The molecule has 0 aliphatic carbocycles. The third-order valence-electron chi connectivity index (χ3n) is 21.6. The largest absolute Gasteiger partial charge is 0.494 e. The van der Waals surface area contributed by atoms with Crippen LogP contribution in [0.2, 0.25) is 5.02 Å². The maximum Gasteiger partial charge on any atom is 0.494 e. The standard InChI is InChI=1S/C49H35F3N2.C27H35B2F3O4.C17H12ClN/c1-48(49(50,51)52,42-26-22-34(23-27-42)40-30-44(36-14-6-2-7-15-36)53-45(31-40)37-16-8-3-9-17-37)43-28-24-35(25-29-43)41-32-46(38-18-10-4-11-19-38)54-47(33-41)39-20-12-5-13-21-39;1-22(2)23(3,4)34-28(33-22)20-14-10-18(11-15-20)26(9,27(30,31)32)19-12-16-21(17-13-19)29-35-24(5,6)25(7,8)36-29;18-15-11-16(13-7-3-1-4-8-13)19-17(12-15)14-9-5-2-6-10-14/h2-33H,1H3;10-17H,1-9H3;1-12H. The van der Waals surface area contributed by atoms with Gasteiger partial charge < -0.3 is 18.6 Å². The summed E-state index contributed by atoms with van der Waals surface area (Å²) >= 11 is 6.21. The summed E-state index contributed by atoms with van der Waals surface area (Å²) in [4.78, 5) is 14.6. The van der Waals surface area contributed by atoms with Gasteiger partial charge in [0.15, 0.2) is 0 Å². The van der Waals surface area contributed by atoms with Crippen LogP contribution in [0.1, 0.15) is 91.5 Å². The van der Waals surface area contributed by atoms with E-state index in [9.17, 15) is 13.2 Å². The molecule has 10 aromatic carbocycles. The molecule has 5 heterocycles. The van der Waals surface area contributed by atoms with Crippen molar-refractivity contribution in [3.05, 3.63) is 343 Å². The van der Waals surface area contributed by atoms with Gasteiger partial charge in [-0.1, -0.05) is 291 Å². The second-order valence-electron chi connectivity index (χ2n) is 29.8. The summed E-state index contributed by atoms with van der Waals surface area (Å²) in [7, 11) is -1.28. The number of halogens is 7. The maximum atomic E-state index is 15.3. The van der Waals surface area contributed by atoms with E-state index in [1.807, 2.05) is 274 Å². The third-order valence-corrected chi connectivity index (χ3v) is 21.8. The van der Waals surface area contributed by atoms with E-state index in [4.69, 9.17) is 40.2 Å². The number of alkyl halides is 6. The van der Waals surface area contributed by atoms with Crippen LogP contribution in [0.5, 0.6) is 0 Å². The third kappa shape index (κ3) is 16.3. The lowest BCUT2D eigenvalue weighted by Crippen LogP contribution is -2.42. The molecule has 13 aromatic rings. The summed E-state index contributed by atoms with van der Waals surface area (Å²) in [5.74, 6) is 0. The van der Waals surface area contributed by atoms with Gasteiger partial charge in [-0.2, -0.15) is 26.3 Å². The number of benzene rings is 10. The van der Waals surface area contributed by atoms with Crippen molar-refractivity contribution in [1.29, 1.82) is 0 Å². The molecule has 2 aliphatic heterocycles. The summed E-state index contributed by atoms with van der Waals surface area (Å²) in [6.07, 6.45) is -9.09. The van der Waals surface area contributed by atoms with E-state index in [1.165, 1.54) is 38.1 Å². The molecule has 0 radical (unpaired) electrons. The number of hydrogen-bond donors (Lipinski definition) is 0. The van der Waals surface area contributed by atoms with Gasteiger partial charge in [-0.3, -0.25) is 0 Å². The van der Waals surface area contributed by atoms with Gasteiger partial charge in [0, 0.05) is 38.4 Å². The number of pyridine rings is 3. The zero-order valence-corrected chi connectivity index (χ0v) is 63.1. The Morgan fingerprint density at radius 3 is 0.651 bits per heavy atom. The normalized spacial score (nSPS) is 15.1. The van der Waals surface area contributed by atoms with Crippen molar-refractivity contribution in [2.24, 2.45) is 0 Å². The Morgan fingerprint density at radius 1 is 0.257 bits per heavy atom. The van der Waals surface area contributed by atoms with Crippen molar-refractivity contribution >= 4 is 36.8 Å². The second kappa shape index (κ2) is 30.9. The molecule has 7 nitrogen and oxygen atoms in total. The Labute approximate surface area is 640 Å². The molecule has 2 saturated heterocycles. The molecule has 0 atom stereocenters. The highest BCUT2D eigenvalue weighted by Crippen LogP contribution is 2.49. The van der Waals surface area contributed by atoms with Gasteiger partial charge in [0.2, 0.25) is 0 Å². The highest BCUT2D eigenvalue weighted by molar-refractivity contribution is 6.62. The van der Waals surface area contributed by atoms with Gasteiger partial charge in [-0.05, 0) is 161 Å². The van der Waals surface area contributed by atoms with Crippen LogP contribution >= 0.6 is 11.6 Å². The smallest absolute Gasteiger partial charge is 0.399 e. The Balaban J connectivity index is 0.000000162. The average molecular weight is 1480 g/mol. The lowest BCUT2D eigenvalue weighted by molar-refractivity contribution is -0.173. The molecule has 3 aromatic heterocycles. The average Bonchev–Trinajstić information content (AvgIpc) is 1.41. The van der Waals surface area contributed by atoms with E-state index in [2.05, 4.69) is 4.98 Å². The minimum atomic E-state index is -4.56. The zero-order valence-electron chi connectivity index (χ0n) is 62.3. The fraction of sp³-hybridized carbons (Fsp3) is 0.194. The van der Waals surface area contributed by atoms with Gasteiger partial charge in [0.1, 0.15) is 10.8 Å². The molecule has 2 fully saturated rings. The van der Waals surface area contributed by atoms with Crippen LogP contribution in [-0.4, -0.2) is 63.9 Å². The van der Waals surface area contributed by atoms with Crippen molar-refractivity contribution in [3.63, 3.8) is 0 Å². The van der Waals surface area contributed by atoms with Gasteiger partial charge in [0.05, 0.1) is 56.6 Å². The van der Waals surface area contributed by atoms with E-state index in [1.54, 1.807) is 72.8 Å². The molecule has 548 valence electrons. The fourth-order valence-corrected chi connectivity index (χ4v) is 13.5. The van der Waals surface area contributed by atoms with Crippen molar-refractivity contribution in [2.45, 2.75) is 115 Å². The van der Waals surface area contributed by atoms with Crippen molar-refractivity contribution in [2.75, 3.05) is 0 Å². The van der Waals surface area contributed by atoms with Gasteiger partial charge >= 0.3 is 26.6 Å². The molecular weight excluding hydrogens is 1390 g/mol. The van der Waals surface area contributed by atoms with Crippen LogP contribution in [0, 0.1) is 0 Å². The molecule has 0 N–H and O–H groups in total. The summed E-state index contributed by atoms with van der Waals surface area (Å²) in [6, 6.07) is 97.6. The van der Waals surface area contributed by atoms with Crippen LogP contribution < -0.4 is 10.9 Å². The molecule has 0 spiro atoms.